The number of phenols is 1. The molecule has 0 unspecified atom stereocenters. The molecule has 1 fully saturated rings. The molecule has 0 bridgehead atoms. The van der Waals surface area contributed by atoms with Crippen LogP contribution in [0.25, 0.3) is 27.4 Å². The Morgan fingerprint density at radius 2 is 2.12 bits per heavy atom. The summed E-state index contributed by atoms with van der Waals surface area (Å²) in [7, 11) is 0. The van der Waals surface area contributed by atoms with Crippen molar-refractivity contribution in [2.75, 3.05) is 0 Å². The molecule has 0 aliphatic heterocycles. The van der Waals surface area contributed by atoms with E-state index in [0.717, 1.165) is 35.6 Å². The zero-order valence-corrected chi connectivity index (χ0v) is 13.8. The average Bonchev–Trinajstić information content (AvgIpc) is 3.04. The van der Waals surface area contributed by atoms with E-state index in [4.69, 9.17) is 0 Å². The van der Waals surface area contributed by atoms with E-state index in [0.29, 0.717) is 22.0 Å². The molecule has 24 heavy (non-hydrogen) atoms. The van der Waals surface area contributed by atoms with Crippen LogP contribution in [0.15, 0.2) is 36.2 Å². The van der Waals surface area contributed by atoms with Crippen LogP contribution in [0.5, 0.6) is 5.75 Å². The molecule has 2 aromatic heterocycles. The molecule has 6 heteroatoms. The van der Waals surface area contributed by atoms with Crippen LogP contribution in [0.2, 0.25) is 0 Å². The average molecular weight is 341 g/mol. The second kappa shape index (κ2) is 6.28. The number of aromatic nitrogens is 3. The standard InChI is InChI=1S/C18H16FN3OS/c19-15-4-2-1-3-12(15)9-17-21-22-18(24-17)14-7-11-5-6-20-10-13(11)8-16(14)23/h5-10,15,23H,1-4H2/b12-9+/t15-/m1/s1. The van der Waals surface area contributed by atoms with Gasteiger partial charge in [0.2, 0.25) is 0 Å². The Kier molecular flexibility index (Phi) is 3.98. The Morgan fingerprint density at radius 1 is 1.21 bits per heavy atom. The highest BCUT2D eigenvalue weighted by Crippen LogP contribution is 2.36. The van der Waals surface area contributed by atoms with Crippen molar-refractivity contribution >= 4 is 28.2 Å². The molecule has 4 nitrogen and oxygen atoms in total. The number of phenolic OH excluding ortho intramolecular Hbond substituents is 1. The van der Waals surface area contributed by atoms with E-state index in [-0.39, 0.29) is 5.75 Å². The number of alkyl halides is 1. The van der Waals surface area contributed by atoms with Crippen molar-refractivity contribution in [1.82, 2.24) is 15.2 Å². The molecule has 0 saturated heterocycles. The van der Waals surface area contributed by atoms with Crippen molar-refractivity contribution in [2.24, 2.45) is 0 Å². The Balaban J connectivity index is 1.70. The fraction of sp³-hybridized carbons (Fsp3) is 0.278. The van der Waals surface area contributed by atoms with E-state index in [1.54, 1.807) is 18.5 Å². The third-order valence-electron chi connectivity index (χ3n) is 4.31. The first kappa shape index (κ1) is 15.2. The number of hydrogen-bond donors (Lipinski definition) is 1. The van der Waals surface area contributed by atoms with Gasteiger partial charge in [-0.15, -0.1) is 10.2 Å². The van der Waals surface area contributed by atoms with E-state index in [2.05, 4.69) is 15.2 Å². The Morgan fingerprint density at radius 3 is 3.00 bits per heavy atom. The highest BCUT2D eigenvalue weighted by atomic mass is 32.1. The fourth-order valence-corrected chi connectivity index (χ4v) is 3.86. The lowest BCUT2D eigenvalue weighted by molar-refractivity contribution is 0.319. The van der Waals surface area contributed by atoms with Crippen LogP contribution in [-0.4, -0.2) is 26.5 Å². The smallest absolute Gasteiger partial charge is 0.151 e. The summed E-state index contributed by atoms with van der Waals surface area (Å²) in [4.78, 5) is 4.05. The van der Waals surface area contributed by atoms with Crippen molar-refractivity contribution in [2.45, 2.75) is 31.9 Å². The maximum atomic E-state index is 13.9. The van der Waals surface area contributed by atoms with Crippen LogP contribution in [0.4, 0.5) is 4.39 Å². The SMILES string of the molecule is Oc1cc2cnccc2cc1-c1nnc(/C=C2\CCCC[C@H]2F)s1. The van der Waals surface area contributed by atoms with Crippen LogP contribution in [0.3, 0.4) is 0 Å². The summed E-state index contributed by atoms with van der Waals surface area (Å²) in [5.41, 5.74) is 1.44. The molecule has 1 atom stereocenters. The fourth-order valence-electron chi connectivity index (χ4n) is 3.01. The molecule has 1 saturated carbocycles. The van der Waals surface area contributed by atoms with Gasteiger partial charge in [0.1, 0.15) is 16.9 Å². The molecule has 4 rings (SSSR count). The van der Waals surface area contributed by atoms with Crippen molar-refractivity contribution in [1.29, 1.82) is 0 Å². The third kappa shape index (κ3) is 2.89. The minimum Gasteiger partial charge on any atom is -0.507 e. The number of rotatable bonds is 2. The highest BCUT2D eigenvalue weighted by Gasteiger charge is 2.19. The monoisotopic (exact) mass is 341 g/mol. The van der Waals surface area contributed by atoms with E-state index in [1.165, 1.54) is 11.3 Å². The van der Waals surface area contributed by atoms with Crippen LogP contribution in [0, 0.1) is 0 Å². The number of hydrogen-bond acceptors (Lipinski definition) is 5. The summed E-state index contributed by atoms with van der Waals surface area (Å²) < 4.78 is 13.9. The van der Waals surface area contributed by atoms with Crippen LogP contribution in [0.1, 0.15) is 30.7 Å². The summed E-state index contributed by atoms with van der Waals surface area (Å²) in [6, 6.07) is 5.44. The number of allylic oxidation sites excluding steroid dienone is 1. The van der Waals surface area contributed by atoms with Gasteiger partial charge in [-0.1, -0.05) is 11.3 Å². The lowest BCUT2D eigenvalue weighted by atomic mass is 9.93. The highest BCUT2D eigenvalue weighted by molar-refractivity contribution is 7.15. The Hall–Kier alpha value is -2.34. The normalized spacial score (nSPS) is 19.9. The number of pyridine rings is 1. The quantitative estimate of drug-likeness (QED) is 0.730. The van der Waals surface area contributed by atoms with Crippen LogP contribution < -0.4 is 0 Å². The van der Waals surface area contributed by atoms with Gasteiger partial charge in [0.15, 0.2) is 5.01 Å². The minimum absolute atomic E-state index is 0.145. The first-order chi connectivity index (χ1) is 11.7. The minimum atomic E-state index is -0.868. The van der Waals surface area contributed by atoms with E-state index in [9.17, 15) is 9.50 Å². The number of halogens is 1. The molecule has 2 heterocycles. The first-order valence-electron chi connectivity index (χ1n) is 7.96. The second-order valence-corrected chi connectivity index (χ2v) is 6.98. The molecular weight excluding hydrogens is 325 g/mol. The number of benzene rings is 1. The lowest BCUT2D eigenvalue weighted by Gasteiger charge is -2.17. The number of aromatic hydroxyl groups is 1. The first-order valence-corrected chi connectivity index (χ1v) is 8.77. The van der Waals surface area contributed by atoms with Crippen molar-refractivity contribution in [3.8, 4) is 16.3 Å². The molecule has 1 aliphatic carbocycles. The van der Waals surface area contributed by atoms with Gasteiger partial charge < -0.3 is 5.11 Å². The van der Waals surface area contributed by atoms with Gasteiger partial charge in [0.25, 0.3) is 0 Å². The van der Waals surface area contributed by atoms with Gasteiger partial charge in [0.05, 0.1) is 5.56 Å². The summed E-state index contributed by atoms with van der Waals surface area (Å²) in [6.45, 7) is 0. The van der Waals surface area contributed by atoms with Crippen molar-refractivity contribution < 1.29 is 9.50 Å². The van der Waals surface area contributed by atoms with Gasteiger partial charge in [-0.25, -0.2) is 4.39 Å². The topological polar surface area (TPSA) is 58.9 Å². The summed E-state index contributed by atoms with van der Waals surface area (Å²) in [6.07, 6.45) is 7.71. The maximum absolute atomic E-state index is 13.9. The number of nitrogens with zero attached hydrogens (tertiary/aromatic N) is 3. The molecule has 122 valence electrons. The summed E-state index contributed by atoms with van der Waals surface area (Å²) in [5, 5.41) is 21.7. The van der Waals surface area contributed by atoms with E-state index in [1.807, 2.05) is 18.2 Å². The molecular formula is C18H16FN3OS. The zero-order valence-electron chi connectivity index (χ0n) is 12.9. The van der Waals surface area contributed by atoms with Gasteiger partial charge in [-0.2, -0.15) is 0 Å². The summed E-state index contributed by atoms with van der Waals surface area (Å²) >= 11 is 1.36. The predicted molar refractivity (Wildman–Crippen MR) is 93.7 cm³/mol. The Labute approximate surface area is 142 Å². The number of fused-ring (bicyclic) bond motifs is 1. The molecule has 0 amide bonds. The second-order valence-electron chi connectivity index (χ2n) is 5.97. The molecule has 0 spiro atoms. The lowest BCUT2D eigenvalue weighted by Crippen LogP contribution is -2.09. The maximum Gasteiger partial charge on any atom is 0.151 e. The van der Waals surface area contributed by atoms with Crippen LogP contribution in [-0.2, 0) is 0 Å². The molecule has 0 radical (unpaired) electrons. The third-order valence-corrected chi connectivity index (χ3v) is 5.21. The molecule has 1 aliphatic rings. The van der Waals surface area contributed by atoms with Crippen molar-refractivity contribution in [3.63, 3.8) is 0 Å². The van der Waals surface area contributed by atoms with Gasteiger partial charge in [-0.05, 0) is 60.9 Å². The van der Waals surface area contributed by atoms with Gasteiger partial charge in [0, 0.05) is 17.8 Å². The van der Waals surface area contributed by atoms with Gasteiger partial charge >= 0.3 is 0 Å². The predicted octanol–water partition coefficient (Wildman–Crippen LogP) is 4.75. The van der Waals surface area contributed by atoms with Gasteiger partial charge in [-0.3, -0.25) is 4.98 Å². The Bertz CT molecular complexity index is 922. The van der Waals surface area contributed by atoms with E-state index >= 15 is 0 Å². The molecule has 1 aromatic carbocycles. The van der Waals surface area contributed by atoms with E-state index < -0.39 is 6.17 Å². The van der Waals surface area contributed by atoms with Crippen LogP contribution >= 0.6 is 11.3 Å². The molecule has 1 N–H and O–H groups in total. The summed E-state index contributed by atoms with van der Waals surface area (Å²) in [5.74, 6) is 0.145. The zero-order chi connectivity index (χ0) is 16.5. The molecule has 3 aromatic rings. The largest absolute Gasteiger partial charge is 0.507 e. The van der Waals surface area contributed by atoms with Crippen molar-refractivity contribution in [3.05, 3.63) is 41.2 Å².